The first-order valence-electron chi connectivity index (χ1n) is 6.70. The van der Waals surface area contributed by atoms with Crippen molar-refractivity contribution in [1.82, 2.24) is 9.55 Å². The van der Waals surface area contributed by atoms with Crippen molar-refractivity contribution in [2.75, 3.05) is 4.72 Å². The third-order valence-corrected chi connectivity index (χ3v) is 4.30. The molecule has 0 aliphatic carbocycles. The van der Waals surface area contributed by atoms with Crippen LogP contribution in [-0.4, -0.2) is 29.0 Å². The summed E-state index contributed by atoms with van der Waals surface area (Å²) in [5.41, 5.74) is 0.796. The lowest BCUT2D eigenvalue weighted by atomic mass is 10.1. The van der Waals surface area contributed by atoms with Crippen LogP contribution in [0.5, 0.6) is 0 Å². The second-order valence-electron chi connectivity index (χ2n) is 4.92. The molecule has 0 radical (unpaired) electrons. The largest absolute Gasteiger partial charge is 0.478 e. The van der Waals surface area contributed by atoms with Crippen LogP contribution in [0.2, 0.25) is 0 Å². The fourth-order valence-corrected chi connectivity index (χ4v) is 3.09. The fraction of sp³-hybridized carbons (Fsp3) is 0.286. The first-order chi connectivity index (χ1) is 10.3. The van der Waals surface area contributed by atoms with E-state index in [1.807, 2.05) is 6.92 Å². The maximum atomic E-state index is 12.2. The number of aromatic carboxylic acids is 1. The highest BCUT2D eigenvalue weighted by Gasteiger charge is 2.20. The Bertz CT molecular complexity index is 796. The van der Waals surface area contributed by atoms with E-state index in [9.17, 15) is 18.3 Å². The number of carboxylic acids is 1. The van der Waals surface area contributed by atoms with Crippen LogP contribution in [0.15, 0.2) is 35.7 Å². The van der Waals surface area contributed by atoms with E-state index in [1.165, 1.54) is 29.2 Å². The van der Waals surface area contributed by atoms with Crippen LogP contribution < -0.4 is 4.72 Å². The Morgan fingerprint density at radius 3 is 2.68 bits per heavy atom. The molecule has 2 rings (SSSR count). The van der Waals surface area contributed by atoms with E-state index >= 15 is 0 Å². The van der Waals surface area contributed by atoms with Crippen molar-refractivity contribution >= 4 is 21.7 Å². The number of hydrogen-bond acceptors (Lipinski definition) is 4. The van der Waals surface area contributed by atoms with Crippen molar-refractivity contribution in [3.63, 3.8) is 0 Å². The van der Waals surface area contributed by atoms with Crippen molar-refractivity contribution in [2.24, 2.45) is 7.05 Å². The normalized spacial score (nSPS) is 11.4. The van der Waals surface area contributed by atoms with Gasteiger partial charge in [0.15, 0.2) is 5.03 Å². The summed E-state index contributed by atoms with van der Waals surface area (Å²) in [6.07, 6.45) is 4.30. The quantitative estimate of drug-likeness (QED) is 0.845. The third-order valence-electron chi connectivity index (χ3n) is 3.05. The Labute approximate surface area is 128 Å². The summed E-state index contributed by atoms with van der Waals surface area (Å²) in [4.78, 5) is 15.1. The van der Waals surface area contributed by atoms with Gasteiger partial charge in [0.2, 0.25) is 0 Å². The van der Waals surface area contributed by atoms with E-state index in [-0.39, 0.29) is 16.3 Å². The predicted octanol–water partition coefficient (Wildman–Crippen LogP) is 1.87. The number of rotatable bonds is 6. The van der Waals surface area contributed by atoms with Gasteiger partial charge in [0.05, 0.1) is 17.6 Å². The van der Waals surface area contributed by atoms with Gasteiger partial charge in [0, 0.05) is 13.2 Å². The third kappa shape index (κ3) is 3.45. The Kier molecular flexibility index (Phi) is 4.51. The van der Waals surface area contributed by atoms with Crippen LogP contribution in [0, 0.1) is 0 Å². The lowest BCUT2D eigenvalue weighted by Crippen LogP contribution is -2.16. The van der Waals surface area contributed by atoms with Gasteiger partial charge in [-0.2, -0.15) is 8.42 Å². The molecule has 0 bridgehead atoms. The monoisotopic (exact) mass is 323 g/mol. The Morgan fingerprint density at radius 1 is 1.41 bits per heavy atom. The van der Waals surface area contributed by atoms with E-state index in [0.717, 1.165) is 18.4 Å². The maximum absolute atomic E-state index is 12.2. The molecule has 1 aromatic carbocycles. The Morgan fingerprint density at radius 2 is 2.14 bits per heavy atom. The van der Waals surface area contributed by atoms with Gasteiger partial charge in [-0.05, 0) is 24.1 Å². The number of carboxylic acid groups (broad SMARTS) is 1. The molecule has 7 nitrogen and oxygen atoms in total. The van der Waals surface area contributed by atoms with E-state index in [1.54, 1.807) is 13.1 Å². The van der Waals surface area contributed by atoms with Gasteiger partial charge in [-0.15, -0.1) is 0 Å². The van der Waals surface area contributed by atoms with Crippen LogP contribution in [0.1, 0.15) is 29.3 Å². The van der Waals surface area contributed by atoms with E-state index < -0.39 is 16.0 Å². The van der Waals surface area contributed by atoms with Crippen LogP contribution in [0.4, 0.5) is 5.69 Å². The number of imidazole rings is 1. The summed E-state index contributed by atoms with van der Waals surface area (Å²) >= 11 is 0. The minimum absolute atomic E-state index is 0.0259. The lowest BCUT2D eigenvalue weighted by molar-refractivity contribution is 0.0698. The summed E-state index contributed by atoms with van der Waals surface area (Å²) in [5, 5.41) is 9.11. The molecule has 1 heterocycles. The highest BCUT2D eigenvalue weighted by Crippen LogP contribution is 2.22. The first kappa shape index (κ1) is 16.0. The molecule has 0 saturated carbocycles. The van der Waals surface area contributed by atoms with Gasteiger partial charge in [-0.1, -0.05) is 19.4 Å². The molecule has 0 saturated heterocycles. The average Bonchev–Trinajstić information content (AvgIpc) is 2.88. The minimum atomic E-state index is -3.92. The molecule has 0 fully saturated rings. The molecule has 2 aromatic rings. The molecule has 118 valence electrons. The highest BCUT2D eigenvalue weighted by molar-refractivity contribution is 7.92. The SMILES string of the molecule is CCCc1ccc(NS(=O)(=O)c2cn(C)cn2)c(C(=O)O)c1. The van der Waals surface area contributed by atoms with Gasteiger partial charge < -0.3 is 9.67 Å². The second-order valence-corrected chi connectivity index (χ2v) is 6.55. The number of sulfonamides is 1. The number of nitrogens with zero attached hydrogens (tertiary/aromatic N) is 2. The molecule has 0 spiro atoms. The van der Waals surface area contributed by atoms with E-state index in [0.29, 0.717) is 0 Å². The molecule has 8 heteroatoms. The highest BCUT2D eigenvalue weighted by atomic mass is 32.2. The van der Waals surface area contributed by atoms with Crippen LogP contribution in [0.25, 0.3) is 0 Å². The van der Waals surface area contributed by atoms with Crippen molar-refractivity contribution < 1.29 is 18.3 Å². The predicted molar refractivity (Wildman–Crippen MR) is 81.4 cm³/mol. The Balaban J connectivity index is 2.38. The zero-order valence-electron chi connectivity index (χ0n) is 12.3. The van der Waals surface area contributed by atoms with E-state index in [4.69, 9.17) is 0 Å². The molecule has 0 atom stereocenters. The standard InChI is InChI=1S/C14H17N3O4S/c1-3-4-10-5-6-12(11(7-10)14(18)19)16-22(20,21)13-8-17(2)9-15-13/h5-9,16H,3-4H2,1-2H3,(H,18,19). The van der Waals surface area contributed by atoms with Crippen molar-refractivity contribution in [2.45, 2.75) is 24.8 Å². The molecule has 2 N–H and O–H groups in total. The summed E-state index contributed by atoms with van der Waals surface area (Å²) in [7, 11) is -2.27. The number of aromatic nitrogens is 2. The molecule has 0 unspecified atom stereocenters. The summed E-state index contributed by atoms with van der Waals surface area (Å²) in [6.45, 7) is 1.98. The van der Waals surface area contributed by atoms with Crippen LogP contribution in [-0.2, 0) is 23.5 Å². The second kappa shape index (κ2) is 6.18. The first-order valence-corrected chi connectivity index (χ1v) is 8.19. The van der Waals surface area contributed by atoms with Gasteiger partial charge in [-0.3, -0.25) is 4.72 Å². The maximum Gasteiger partial charge on any atom is 0.337 e. The average molecular weight is 323 g/mol. The minimum Gasteiger partial charge on any atom is -0.478 e. The number of hydrogen-bond donors (Lipinski definition) is 2. The van der Waals surface area contributed by atoms with Gasteiger partial charge in [0.1, 0.15) is 0 Å². The lowest BCUT2D eigenvalue weighted by Gasteiger charge is -2.10. The van der Waals surface area contributed by atoms with Crippen LogP contribution >= 0.6 is 0 Å². The fourth-order valence-electron chi connectivity index (χ4n) is 2.03. The van der Waals surface area contributed by atoms with Crippen LogP contribution in [0.3, 0.4) is 0 Å². The van der Waals surface area contributed by atoms with Gasteiger partial charge in [0.25, 0.3) is 10.0 Å². The number of aryl methyl sites for hydroxylation is 2. The molecule has 0 amide bonds. The van der Waals surface area contributed by atoms with Crippen molar-refractivity contribution in [3.05, 3.63) is 41.9 Å². The van der Waals surface area contributed by atoms with Crippen molar-refractivity contribution in [1.29, 1.82) is 0 Å². The number of benzene rings is 1. The Hall–Kier alpha value is -2.35. The van der Waals surface area contributed by atoms with Gasteiger partial charge >= 0.3 is 5.97 Å². The van der Waals surface area contributed by atoms with E-state index in [2.05, 4.69) is 9.71 Å². The van der Waals surface area contributed by atoms with Crippen molar-refractivity contribution in [3.8, 4) is 0 Å². The smallest absolute Gasteiger partial charge is 0.337 e. The summed E-state index contributed by atoms with van der Waals surface area (Å²) in [5.74, 6) is -1.18. The zero-order chi connectivity index (χ0) is 16.3. The number of nitrogens with one attached hydrogen (secondary N) is 1. The summed E-state index contributed by atoms with van der Waals surface area (Å²) < 4.78 is 28.2. The molecule has 0 aliphatic rings. The topological polar surface area (TPSA) is 101 Å². The number of anilines is 1. The molecular weight excluding hydrogens is 306 g/mol. The summed E-state index contributed by atoms with van der Waals surface area (Å²) in [6, 6.07) is 4.67. The molecule has 1 aromatic heterocycles. The molecular formula is C14H17N3O4S. The van der Waals surface area contributed by atoms with Gasteiger partial charge in [-0.25, -0.2) is 9.78 Å². The zero-order valence-corrected chi connectivity index (χ0v) is 13.1. The molecule has 0 aliphatic heterocycles. The number of carbonyl (C=O) groups is 1. The molecule has 22 heavy (non-hydrogen) atoms.